The number of carbonyl (C=O) groups is 1. The van der Waals surface area contributed by atoms with Crippen LogP contribution in [0.1, 0.15) is 24.8 Å². The molecule has 4 aromatic carbocycles. The van der Waals surface area contributed by atoms with Gasteiger partial charge in [0.2, 0.25) is 5.89 Å². The highest BCUT2D eigenvalue weighted by Gasteiger charge is 2.17. The van der Waals surface area contributed by atoms with Crippen LogP contribution in [0.25, 0.3) is 33.4 Å². The lowest BCUT2D eigenvalue weighted by atomic mass is 9.97. The average molecular weight is 508 g/mol. The molecule has 1 atom stereocenters. The van der Waals surface area contributed by atoms with Crippen LogP contribution in [0, 0.1) is 6.92 Å². The minimum absolute atomic E-state index is 0.389. The van der Waals surface area contributed by atoms with Crippen LogP contribution in [0.15, 0.2) is 95.4 Å². The van der Waals surface area contributed by atoms with Gasteiger partial charge in [0, 0.05) is 12.0 Å². The van der Waals surface area contributed by atoms with E-state index in [1.807, 2.05) is 19.1 Å². The second kappa shape index (κ2) is 11.2. The fourth-order valence-corrected chi connectivity index (χ4v) is 4.43. The predicted molar refractivity (Wildman–Crippen MR) is 148 cm³/mol. The summed E-state index contributed by atoms with van der Waals surface area (Å²) in [4.78, 5) is 15.9. The van der Waals surface area contributed by atoms with Gasteiger partial charge < -0.3 is 19.0 Å². The van der Waals surface area contributed by atoms with Crippen LogP contribution in [-0.4, -0.2) is 28.8 Å². The number of aliphatic carboxylic acids is 1. The molecule has 6 heteroatoms. The Bertz CT molecular complexity index is 1550. The molecule has 0 fully saturated rings. The number of carboxylic acids is 1. The lowest BCUT2D eigenvalue weighted by Gasteiger charge is -2.13. The number of hydrogen-bond acceptors (Lipinski definition) is 5. The van der Waals surface area contributed by atoms with Crippen LogP contribution in [0.3, 0.4) is 0 Å². The van der Waals surface area contributed by atoms with Gasteiger partial charge in [0.05, 0.1) is 12.3 Å². The van der Waals surface area contributed by atoms with Crippen LogP contribution >= 0.6 is 0 Å². The summed E-state index contributed by atoms with van der Waals surface area (Å²) >= 11 is 0. The Morgan fingerprint density at radius 3 is 2.42 bits per heavy atom. The van der Waals surface area contributed by atoms with E-state index >= 15 is 0 Å². The first kappa shape index (κ1) is 25.1. The van der Waals surface area contributed by atoms with Crippen molar-refractivity contribution in [3.05, 3.63) is 102 Å². The molecule has 1 N–H and O–H groups in total. The van der Waals surface area contributed by atoms with Gasteiger partial charge in [-0.25, -0.2) is 9.78 Å². The van der Waals surface area contributed by atoms with Crippen molar-refractivity contribution in [1.82, 2.24) is 4.98 Å². The number of ether oxygens (including phenoxy) is 2. The summed E-state index contributed by atoms with van der Waals surface area (Å²) in [6, 6.07) is 29.9. The molecular weight excluding hydrogens is 478 g/mol. The third-order valence-corrected chi connectivity index (χ3v) is 6.46. The van der Waals surface area contributed by atoms with Crippen molar-refractivity contribution in [1.29, 1.82) is 0 Å². The van der Waals surface area contributed by atoms with E-state index in [1.54, 1.807) is 31.2 Å². The van der Waals surface area contributed by atoms with E-state index in [1.165, 1.54) is 16.3 Å². The van der Waals surface area contributed by atoms with E-state index in [9.17, 15) is 4.79 Å². The molecule has 1 unspecified atom stereocenters. The van der Waals surface area contributed by atoms with Crippen LogP contribution < -0.4 is 9.47 Å². The van der Waals surface area contributed by atoms with Gasteiger partial charge >= 0.3 is 5.97 Å². The van der Waals surface area contributed by atoms with E-state index in [0.717, 1.165) is 22.6 Å². The fraction of sp³-hybridized carbons (Fsp3) is 0.188. The monoisotopic (exact) mass is 507 g/mol. The smallest absolute Gasteiger partial charge is 0.344 e. The predicted octanol–water partition coefficient (Wildman–Crippen LogP) is 7.33. The number of oxazole rings is 1. The van der Waals surface area contributed by atoms with Gasteiger partial charge in [0.15, 0.2) is 6.10 Å². The molecule has 0 aliphatic heterocycles. The first-order chi connectivity index (χ1) is 18.5. The molecule has 38 heavy (non-hydrogen) atoms. The SMILES string of the molecule is CCC(Oc1ccc(OCCc2nc(-c3cccc(-c4cccc5ccccc45)c3)oc2C)cc1)C(=O)O. The summed E-state index contributed by atoms with van der Waals surface area (Å²) in [5.41, 5.74) is 4.06. The Kier molecular flexibility index (Phi) is 7.40. The number of hydrogen-bond donors (Lipinski definition) is 1. The minimum atomic E-state index is -0.976. The zero-order valence-corrected chi connectivity index (χ0v) is 21.4. The lowest BCUT2D eigenvalue weighted by Crippen LogP contribution is -2.25. The lowest BCUT2D eigenvalue weighted by molar-refractivity contribution is -0.145. The number of aromatic nitrogens is 1. The van der Waals surface area contributed by atoms with Crippen molar-refractivity contribution in [2.75, 3.05) is 6.61 Å². The third kappa shape index (κ3) is 5.54. The Hall–Kier alpha value is -4.58. The second-order valence-electron chi connectivity index (χ2n) is 9.05. The summed E-state index contributed by atoms with van der Waals surface area (Å²) in [7, 11) is 0. The van der Waals surface area contributed by atoms with Crippen molar-refractivity contribution in [2.45, 2.75) is 32.8 Å². The second-order valence-corrected chi connectivity index (χ2v) is 9.05. The molecule has 1 heterocycles. The first-order valence-electron chi connectivity index (χ1n) is 12.7. The largest absolute Gasteiger partial charge is 0.493 e. The summed E-state index contributed by atoms with van der Waals surface area (Å²) in [6.07, 6.45) is 0.118. The Balaban J connectivity index is 1.25. The quantitative estimate of drug-likeness (QED) is 0.213. The van der Waals surface area contributed by atoms with Crippen LogP contribution in [0.5, 0.6) is 11.5 Å². The van der Waals surface area contributed by atoms with Crippen LogP contribution in [0.4, 0.5) is 0 Å². The Labute approximate surface area is 221 Å². The van der Waals surface area contributed by atoms with Crippen molar-refractivity contribution in [3.8, 4) is 34.1 Å². The number of carboxylic acid groups (broad SMARTS) is 1. The molecule has 0 saturated heterocycles. The van der Waals surface area contributed by atoms with E-state index in [0.29, 0.717) is 36.8 Å². The molecule has 0 amide bonds. The van der Waals surface area contributed by atoms with Crippen molar-refractivity contribution in [2.24, 2.45) is 0 Å². The summed E-state index contributed by atoms with van der Waals surface area (Å²) < 4.78 is 17.4. The fourth-order valence-electron chi connectivity index (χ4n) is 4.43. The van der Waals surface area contributed by atoms with Gasteiger partial charge in [-0.05, 0) is 71.6 Å². The van der Waals surface area contributed by atoms with Gasteiger partial charge in [-0.3, -0.25) is 0 Å². The van der Waals surface area contributed by atoms with Gasteiger partial charge in [-0.1, -0.05) is 61.5 Å². The first-order valence-corrected chi connectivity index (χ1v) is 12.7. The maximum atomic E-state index is 11.2. The van der Waals surface area contributed by atoms with E-state index in [4.69, 9.17) is 24.0 Å². The molecule has 0 saturated carbocycles. The van der Waals surface area contributed by atoms with E-state index in [-0.39, 0.29) is 0 Å². The topological polar surface area (TPSA) is 81.8 Å². The van der Waals surface area contributed by atoms with Crippen molar-refractivity contribution in [3.63, 3.8) is 0 Å². The highest BCUT2D eigenvalue weighted by molar-refractivity contribution is 5.97. The molecule has 5 aromatic rings. The van der Waals surface area contributed by atoms with Gasteiger partial charge in [0.1, 0.15) is 17.3 Å². The van der Waals surface area contributed by atoms with Crippen molar-refractivity contribution >= 4 is 16.7 Å². The van der Waals surface area contributed by atoms with Crippen molar-refractivity contribution < 1.29 is 23.8 Å². The molecule has 1 aromatic heterocycles. The molecule has 192 valence electrons. The number of rotatable bonds is 10. The third-order valence-electron chi connectivity index (χ3n) is 6.46. The number of aryl methyl sites for hydroxylation is 1. The molecule has 0 aliphatic carbocycles. The van der Waals surface area contributed by atoms with Gasteiger partial charge in [-0.15, -0.1) is 0 Å². The minimum Gasteiger partial charge on any atom is -0.493 e. The van der Waals surface area contributed by atoms with E-state index < -0.39 is 12.1 Å². The zero-order valence-electron chi connectivity index (χ0n) is 21.4. The normalized spacial score (nSPS) is 11.8. The summed E-state index contributed by atoms with van der Waals surface area (Å²) in [6.45, 7) is 4.12. The molecule has 0 radical (unpaired) electrons. The number of nitrogens with zero attached hydrogens (tertiary/aromatic N) is 1. The highest BCUT2D eigenvalue weighted by Crippen LogP contribution is 2.32. The standard InChI is InChI=1S/C32H29NO5/c1-3-30(32(34)35)38-26-16-14-25(15-17-26)36-19-18-29-21(2)37-31(33-29)24-11-6-10-23(20-24)28-13-7-9-22-8-4-5-12-27(22)28/h4-17,20,30H,3,18-19H2,1-2H3,(H,34,35). The Morgan fingerprint density at radius 1 is 0.921 bits per heavy atom. The van der Waals surface area contributed by atoms with Gasteiger partial charge in [0.25, 0.3) is 0 Å². The molecule has 0 spiro atoms. The molecule has 0 aliphatic rings. The number of benzene rings is 4. The maximum Gasteiger partial charge on any atom is 0.344 e. The molecular formula is C32H29NO5. The Morgan fingerprint density at radius 2 is 1.63 bits per heavy atom. The number of fused-ring (bicyclic) bond motifs is 1. The van der Waals surface area contributed by atoms with E-state index in [2.05, 4.69) is 54.6 Å². The maximum absolute atomic E-state index is 11.2. The summed E-state index contributed by atoms with van der Waals surface area (Å²) in [5.74, 6) is 1.54. The zero-order chi connectivity index (χ0) is 26.5. The molecule has 6 nitrogen and oxygen atoms in total. The average Bonchev–Trinajstić information content (AvgIpc) is 3.32. The van der Waals surface area contributed by atoms with Gasteiger partial charge in [-0.2, -0.15) is 0 Å². The summed E-state index contributed by atoms with van der Waals surface area (Å²) in [5, 5.41) is 11.6. The molecule has 0 bridgehead atoms. The highest BCUT2D eigenvalue weighted by atomic mass is 16.5. The van der Waals surface area contributed by atoms with Crippen LogP contribution in [0.2, 0.25) is 0 Å². The molecule has 5 rings (SSSR count). The van der Waals surface area contributed by atoms with Crippen LogP contribution in [-0.2, 0) is 11.2 Å².